The minimum Gasteiger partial charge on any atom is -0.494 e. The van der Waals surface area contributed by atoms with Gasteiger partial charge in [0.2, 0.25) is 0 Å². The van der Waals surface area contributed by atoms with Gasteiger partial charge in [-0.15, -0.1) is 0 Å². The van der Waals surface area contributed by atoms with Gasteiger partial charge in [-0.1, -0.05) is 24.3 Å². The highest BCUT2D eigenvalue weighted by Gasteiger charge is 2.39. The van der Waals surface area contributed by atoms with E-state index in [1.54, 1.807) is 24.3 Å². The van der Waals surface area contributed by atoms with Gasteiger partial charge in [0.25, 0.3) is 0 Å². The number of hydrogen-bond donors (Lipinski definition) is 4. The summed E-state index contributed by atoms with van der Waals surface area (Å²) in [7, 11) is 0. The van der Waals surface area contributed by atoms with Crippen molar-refractivity contribution in [2.24, 2.45) is 0 Å². The molecular weight excluding hydrogens is 334 g/mol. The first kappa shape index (κ1) is 16.6. The first-order valence-electron chi connectivity index (χ1n) is 8.59. The molecule has 26 heavy (non-hydrogen) atoms. The number of carbonyl (C=O) groups is 1. The van der Waals surface area contributed by atoms with Crippen LogP contribution in [-0.4, -0.2) is 29.0 Å². The van der Waals surface area contributed by atoms with E-state index in [9.17, 15) is 10.0 Å². The summed E-state index contributed by atoms with van der Waals surface area (Å²) >= 11 is 0. The third-order valence-corrected chi connectivity index (χ3v) is 4.55. The zero-order valence-corrected chi connectivity index (χ0v) is 14.3. The number of rotatable bonds is 4. The standard InChI is InChI=1S/C18H21N5O3/c1-2-26-13-9-7-12(8-10-13)15-11-17(21-20-15)22-18(24)19-14-5-3-4-6-16(14)23(22)25/h3-10,15,17,20-21,25H,2,11H2,1H3,(H,19,24). The number of carbonyl (C=O) groups excluding carboxylic acids is 1. The lowest BCUT2D eigenvalue weighted by Crippen LogP contribution is -2.59. The Morgan fingerprint density at radius 3 is 2.69 bits per heavy atom. The van der Waals surface area contributed by atoms with Crippen LogP contribution >= 0.6 is 0 Å². The van der Waals surface area contributed by atoms with Gasteiger partial charge in [-0.05, 0) is 36.8 Å². The third kappa shape index (κ3) is 2.94. The van der Waals surface area contributed by atoms with Crippen LogP contribution in [0.15, 0.2) is 48.5 Å². The second-order valence-corrected chi connectivity index (χ2v) is 6.18. The van der Waals surface area contributed by atoms with E-state index < -0.39 is 12.2 Å². The quantitative estimate of drug-likeness (QED) is 0.674. The second kappa shape index (κ2) is 6.83. The number of para-hydroxylation sites is 2. The van der Waals surface area contributed by atoms with E-state index in [-0.39, 0.29) is 6.04 Å². The summed E-state index contributed by atoms with van der Waals surface area (Å²) in [6.07, 6.45) is 0.200. The average molecular weight is 355 g/mol. The number of benzene rings is 2. The van der Waals surface area contributed by atoms with Gasteiger partial charge in [0.1, 0.15) is 17.6 Å². The van der Waals surface area contributed by atoms with Gasteiger partial charge in [0.15, 0.2) is 0 Å². The molecule has 136 valence electrons. The Kier molecular flexibility index (Phi) is 4.37. The maximum atomic E-state index is 12.4. The number of nitrogens with zero attached hydrogens (tertiary/aromatic N) is 2. The highest BCUT2D eigenvalue weighted by molar-refractivity contribution is 5.97. The molecule has 8 nitrogen and oxygen atoms in total. The molecule has 4 rings (SSSR count). The largest absolute Gasteiger partial charge is 0.494 e. The first-order chi connectivity index (χ1) is 12.7. The van der Waals surface area contributed by atoms with Crippen molar-refractivity contribution in [3.05, 3.63) is 54.1 Å². The molecule has 2 aliphatic rings. The van der Waals surface area contributed by atoms with Crippen LogP contribution in [0.2, 0.25) is 0 Å². The maximum absolute atomic E-state index is 12.4. The summed E-state index contributed by atoms with van der Waals surface area (Å²) in [5.74, 6) is 0.826. The van der Waals surface area contributed by atoms with Crippen LogP contribution in [0.3, 0.4) is 0 Å². The summed E-state index contributed by atoms with van der Waals surface area (Å²) in [6, 6.07) is 14.6. The van der Waals surface area contributed by atoms with Crippen LogP contribution in [-0.2, 0) is 0 Å². The predicted octanol–water partition coefficient (Wildman–Crippen LogP) is 2.61. The molecule has 0 bridgehead atoms. The number of ether oxygens (including phenoxy) is 1. The van der Waals surface area contributed by atoms with E-state index in [0.717, 1.165) is 16.5 Å². The van der Waals surface area contributed by atoms with Crippen LogP contribution in [0.25, 0.3) is 0 Å². The smallest absolute Gasteiger partial charge is 0.344 e. The van der Waals surface area contributed by atoms with Crippen molar-refractivity contribution >= 4 is 17.4 Å². The first-order valence-corrected chi connectivity index (χ1v) is 8.59. The number of amides is 2. The number of anilines is 2. The lowest BCUT2D eigenvalue weighted by atomic mass is 10.0. The van der Waals surface area contributed by atoms with E-state index in [1.165, 1.54) is 5.01 Å². The second-order valence-electron chi connectivity index (χ2n) is 6.18. The molecule has 0 saturated carbocycles. The predicted molar refractivity (Wildman–Crippen MR) is 96.6 cm³/mol. The molecule has 2 aromatic carbocycles. The molecule has 2 unspecified atom stereocenters. The fourth-order valence-electron chi connectivity index (χ4n) is 3.28. The molecule has 0 aliphatic carbocycles. The molecule has 0 radical (unpaired) electrons. The normalized spacial score (nSPS) is 22.2. The Balaban J connectivity index is 1.49. The van der Waals surface area contributed by atoms with E-state index in [0.29, 0.717) is 24.4 Å². The van der Waals surface area contributed by atoms with Gasteiger partial charge < -0.3 is 10.1 Å². The van der Waals surface area contributed by atoms with Gasteiger partial charge in [-0.3, -0.25) is 5.21 Å². The zero-order valence-electron chi connectivity index (χ0n) is 14.3. The van der Waals surface area contributed by atoms with Crippen LogP contribution in [0, 0.1) is 0 Å². The van der Waals surface area contributed by atoms with Gasteiger partial charge in [-0.25, -0.2) is 15.6 Å². The Bertz CT molecular complexity index is 798. The van der Waals surface area contributed by atoms with Crippen molar-refractivity contribution in [2.75, 3.05) is 17.1 Å². The SMILES string of the molecule is CCOc1ccc(C2CC(N3C(=O)Nc4ccccc4N3O)NN2)cc1. The molecule has 2 aromatic rings. The number of fused-ring (bicyclic) bond motifs is 1. The Morgan fingerprint density at radius 1 is 1.15 bits per heavy atom. The van der Waals surface area contributed by atoms with Gasteiger partial charge in [0, 0.05) is 12.5 Å². The summed E-state index contributed by atoms with van der Waals surface area (Å²) in [5, 5.41) is 15.5. The van der Waals surface area contributed by atoms with Crippen LogP contribution in [0.1, 0.15) is 24.9 Å². The monoisotopic (exact) mass is 355 g/mol. The fraction of sp³-hybridized carbons (Fsp3) is 0.278. The minimum absolute atomic E-state index is 0.00838. The van der Waals surface area contributed by atoms with E-state index in [4.69, 9.17) is 4.74 Å². The van der Waals surface area contributed by atoms with Crippen LogP contribution in [0.4, 0.5) is 16.2 Å². The van der Waals surface area contributed by atoms with Crippen molar-refractivity contribution in [3.8, 4) is 5.75 Å². The van der Waals surface area contributed by atoms with Crippen LogP contribution < -0.4 is 26.1 Å². The maximum Gasteiger partial charge on any atom is 0.344 e. The lowest BCUT2D eigenvalue weighted by molar-refractivity contribution is 0.0556. The van der Waals surface area contributed by atoms with Crippen molar-refractivity contribution < 1.29 is 14.7 Å². The topological polar surface area (TPSA) is 89.1 Å². The zero-order chi connectivity index (χ0) is 18.1. The molecule has 0 spiro atoms. The Labute approximate surface area is 151 Å². The average Bonchev–Trinajstić information content (AvgIpc) is 3.12. The van der Waals surface area contributed by atoms with Crippen molar-refractivity contribution in [1.29, 1.82) is 0 Å². The van der Waals surface area contributed by atoms with Crippen molar-refractivity contribution in [3.63, 3.8) is 0 Å². The Hall–Kier alpha value is -2.81. The summed E-state index contributed by atoms with van der Waals surface area (Å²) in [4.78, 5) is 12.4. The molecule has 1 saturated heterocycles. The highest BCUT2D eigenvalue weighted by Crippen LogP contribution is 2.33. The number of hydrazine groups is 2. The molecule has 0 aromatic heterocycles. The van der Waals surface area contributed by atoms with Crippen molar-refractivity contribution in [2.45, 2.75) is 25.6 Å². The summed E-state index contributed by atoms with van der Waals surface area (Å²) in [6.45, 7) is 2.58. The Morgan fingerprint density at radius 2 is 1.92 bits per heavy atom. The number of nitrogens with one attached hydrogen (secondary N) is 3. The molecule has 1 fully saturated rings. The van der Waals surface area contributed by atoms with Gasteiger partial charge >= 0.3 is 6.03 Å². The summed E-state index contributed by atoms with van der Waals surface area (Å²) < 4.78 is 5.46. The molecule has 2 aliphatic heterocycles. The lowest BCUT2D eigenvalue weighted by Gasteiger charge is -2.39. The molecule has 2 atom stereocenters. The molecular formula is C18H21N5O3. The van der Waals surface area contributed by atoms with Crippen molar-refractivity contribution in [1.82, 2.24) is 15.9 Å². The molecule has 2 amide bonds. The fourth-order valence-corrected chi connectivity index (χ4v) is 3.28. The van der Waals surface area contributed by atoms with E-state index >= 15 is 0 Å². The van der Waals surface area contributed by atoms with Crippen LogP contribution in [0.5, 0.6) is 5.75 Å². The van der Waals surface area contributed by atoms with Gasteiger partial charge in [0.05, 0.1) is 12.3 Å². The van der Waals surface area contributed by atoms with E-state index in [2.05, 4.69) is 16.2 Å². The minimum atomic E-state index is -0.398. The molecule has 8 heteroatoms. The highest BCUT2D eigenvalue weighted by atomic mass is 16.6. The number of hydrogen-bond acceptors (Lipinski definition) is 6. The molecule has 4 N–H and O–H groups in total. The molecule has 2 heterocycles. The third-order valence-electron chi connectivity index (χ3n) is 4.55. The number of urea groups is 1. The summed E-state index contributed by atoms with van der Waals surface area (Å²) in [5.41, 5.74) is 8.45. The van der Waals surface area contributed by atoms with Gasteiger partial charge in [-0.2, -0.15) is 10.2 Å². The van der Waals surface area contributed by atoms with E-state index in [1.807, 2.05) is 31.2 Å².